The number of rotatable bonds is 7. The van der Waals surface area contributed by atoms with Crippen molar-refractivity contribution in [3.05, 3.63) is 0 Å². The molecule has 0 amide bonds. The van der Waals surface area contributed by atoms with E-state index in [9.17, 15) is 8.42 Å². The van der Waals surface area contributed by atoms with Crippen LogP contribution in [0.25, 0.3) is 0 Å². The molecule has 3 N–H and O–H groups in total. The van der Waals surface area contributed by atoms with Gasteiger partial charge < -0.3 is 5.11 Å². The molecule has 13 heavy (non-hydrogen) atoms. The van der Waals surface area contributed by atoms with Crippen molar-refractivity contribution in [2.45, 2.75) is 32.7 Å². The van der Waals surface area contributed by atoms with Gasteiger partial charge in [-0.15, -0.1) is 0 Å². The molecule has 0 unspecified atom stereocenters. The van der Waals surface area contributed by atoms with Crippen LogP contribution in [0, 0.1) is 0 Å². The van der Waals surface area contributed by atoms with Gasteiger partial charge in [-0.3, -0.25) is 0 Å². The Balaban J connectivity index is 3.64. The van der Waals surface area contributed by atoms with Crippen LogP contribution in [-0.4, -0.2) is 32.7 Å². The van der Waals surface area contributed by atoms with Crippen LogP contribution < -0.4 is 9.44 Å². The molecule has 5 nitrogen and oxygen atoms in total. The maximum absolute atomic E-state index is 11.1. The summed E-state index contributed by atoms with van der Waals surface area (Å²) in [4.78, 5) is 0. The molecule has 0 rings (SSSR count). The molecule has 0 bridgehead atoms. The molecule has 0 fully saturated rings. The van der Waals surface area contributed by atoms with Gasteiger partial charge in [0.1, 0.15) is 0 Å². The van der Waals surface area contributed by atoms with Crippen molar-refractivity contribution in [2.75, 3.05) is 13.2 Å². The number of aliphatic hydroxyl groups excluding tert-OH is 1. The summed E-state index contributed by atoms with van der Waals surface area (Å²) in [5.41, 5.74) is 0. The number of unbranched alkanes of at least 4 members (excludes halogenated alkanes) is 1. The summed E-state index contributed by atoms with van der Waals surface area (Å²) < 4.78 is 27.0. The molecule has 0 radical (unpaired) electrons. The zero-order valence-corrected chi connectivity index (χ0v) is 8.89. The SMILES string of the molecule is CC(C)NS(=O)(=O)NCCCCO. The van der Waals surface area contributed by atoms with Gasteiger partial charge >= 0.3 is 0 Å². The third-order valence-corrected chi connectivity index (χ3v) is 2.63. The molecule has 0 atom stereocenters. The smallest absolute Gasteiger partial charge is 0.277 e. The lowest BCUT2D eigenvalue weighted by Gasteiger charge is -2.09. The third-order valence-electron chi connectivity index (χ3n) is 1.27. The second-order valence-corrected chi connectivity index (χ2v) is 4.63. The van der Waals surface area contributed by atoms with Crippen molar-refractivity contribution < 1.29 is 13.5 Å². The molecule has 0 aromatic heterocycles. The van der Waals surface area contributed by atoms with E-state index in [-0.39, 0.29) is 12.6 Å². The van der Waals surface area contributed by atoms with E-state index in [2.05, 4.69) is 9.44 Å². The number of nitrogens with one attached hydrogen (secondary N) is 2. The third kappa shape index (κ3) is 8.17. The largest absolute Gasteiger partial charge is 0.396 e. The predicted octanol–water partition coefficient (Wildman–Crippen LogP) is -0.409. The van der Waals surface area contributed by atoms with E-state index in [0.29, 0.717) is 19.4 Å². The van der Waals surface area contributed by atoms with Gasteiger partial charge in [0.2, 0.25) is 0 Å². The molecular weight excluding hydrogens is 192 g/mol. The van der Waals surface area contributed by atoms with Gasteiger partial charge in [-0.25, -0.2) is 4.72 Å². The van der Waals surface area contributed by atoms with E-state index in [1.165, 1.54) is 0 Å². The number of hydrogen-bond donors (Lipinski definition) is 3. The molecule has 0 aliphatic heterocycles. The molecule has 0 aromatic rings. The van der Waals surface area contributed by atoms with Crippen LogP contribution >= 0.6 is 0 Å². The maximum Gasteiger partial charge on any atom is 0.277 e. The summed E-state index contributed by atoms with van der Waals surface area (Å²) in [6.45, 7) is 3.97. The maximum atomic E-state index is 11.1. The summed E-state index contributed by atoms with van der Waals surface area (Å²) in [7, 11) is -3.34. The van der Waals surface area contributed by atoms with Gasteiger partial charge in [0.15, 0.2) is 0 Å². The Kier molecular flexibility index (Phi) is 6.23. The van der Waals surface area contributed by atoms with Gasteiger partial charge in [-0.05, 0) is 26.7 Å². The molecule has 6 heteroatoms. The number of hydrogen-bond acceptors (Lipinski definition) is 3. The molecule has 0 saturated carbocycles. The van der Waals surface area contributed by atoms with Crippen LogP contribution in [0.4, 0.5) is 0 Å². The van der Waals surface area contributed by atoms with Crippen LogP contribution in [0.2, 0.25) is 0 Å². The molecule has 0 spiro atoms. The Hall–Kier alpha value is -0.170. The van der Waals surface area contributed by atoms with E-state index in [1.807, 2.05) is 0 Å². The second-order valence-electron chi connectivity index (χ2n) is 3.10. The van der Waals surface area contributed by atoms with Gasteiger partial charge in [0.25, 0.3) is 10.2 Å². The van der Waals surface area contributed by atoms with Crippen molar-refractivity contribution in [1.29, 1.82) is 0 Å². The van der Waals surface area contributed by atoms with Gasteiger partial charge in [-0.1, -0.05) is 0 Å². The molecule has 80 valence electrons. The van der Waals surface area contributed by atoms with Crippen molar-refractivity contribution in [3.8, 4) is 0 Å². The van der Waals surface area contributed by atoms with Crippen LogP contribution in [0.15, 0.2) is 0 Å². The molecule has 0 heterocycles. The van der Waals surface area contributed by atoms with E-state index >= 15 is 0 Å². The summed E-state index contributed by atoms with van der Waals surface area (Å²) in [5, 5.41) is 8.45. The lowest BCUT2D eigenvalue weighted by Crippen LogP contribution is -2.40. The van der Waals surface area contributed by atoms with E-state index < -0.39 is 10.2 Å². The highest BCUT2D eigenvalue weighted by Crippen LogP contribution is 1.87. The average Bonchev–Trinajstić information content (AvgIpc) is 1.95. The standard InChI is InChI=1S/C7H18N2O3S/c1-7(2)9-13(11,12)8-5-3-4-6-10/h7-10H,3-6H2,1-2H3. The van der Waals surface area contributed by atoms with Crippen molar-refractivity contribution in [2.24, 2.45) is 0 Å². The van der Waals surface area contributed by atoms with E-state index in [1.54, 1.807) is 13.8 Å². The monoisotopic (exact) mass is 210 g/mol. The van der Waals surface area contributed by atoms with E-state index in [0.717, 1.165) is 0 Å². The Morgan fingerprint density at radius 1 is 1.31 bits per heavy atom. The van der Waals surface area contributed by atoms with Gasteiger partial charge in [0.05, 0.1) is 0 Å². The zero-order chi connectivity index (χ0) is 10.3. The van der Waals surface area contributed by atoms with Crippen LogP contribution in [0.3, 0.4) is 0 Å². The highest BCUT2D eigenvalue weighted by Gasteiger charge is 2.09. The van der Waals surface area contributed by atoms with Crippen molar-refractivity contribution >= 4 is 10.2 Å². The Morgan fingerprint density at radius 2 is 1.92 bits per heavy atom. The Labute approximate surface area is 79.7 Å². The van der Waals surface area contributed by atoms with Crippen molar-refractivity contribution in [1.82, 2.24) is 9.44 Å². The number of aliphatic hydroxyl groups is 1. The first-order chi connectivity index (χ1) is 5.98. The topological polar surface area (TPSA) is 78.4 Å². The highest BCUT2D eigenvalue weighted by molar-refractivity contribution is 7.87. The first kappa shape index (κ1) is 12.8. The quantitative estimate of drug-likeness (QED) is 0.500. The molecule has 0 saturated heterocycles. The van der Waals surface area contributed by atoms with Crippen LogP contribution in [0.5, 0.6) is 0 Å². The molecule has 0 aliphatic rings. The molecule has 0 aliphatic carbocycles. The fourth-order valence-electron chi connectivity index (χ4n) is 0.795. The predicted molar refractivity (Wildman–Crippen MR) is 51.5 cm³/mol. The first-order valence-corrected chi connectivity index (χ1v) is 5.84. The van der Waals surface area contributed by atoms with Gasteiger partial charge in [0, 0.05) is 19.2 Å². The lowest BCUT2D eigenvalue weighted by atomic mass is 10.3. The Morgan fingerprint density at radius 3 is 2.38 bits per heavy atom. The summed E-state index contributed by atoms with van der Waals surface area (Å²) in [6.07, 6.45) is 1.26. The normalized spacial score (nSPS) is 12.3. The van der Waals surface area contributed by atoms with Gasteiger partial charge in [-0.2, -0.15) is 13.1 Å². The van der Waals surface area contributed by atoms with Crippen molar-refractivity contribution in [3.63, 3.8) is 0 Å². The fourth-order valence-corrected chi connectivity index (χ4v) is 1.91. The minimum absolute atomic E-state index is 0.0966. The van der Waals surface area contributed by atoms with Crippen LogP contribution in [0.1, 0.15) is 26.7 Å². The fraction of sp³-hybridized carbons (Fsp3) is 1.00. The minimum atomic E-state index is -3.34. The first-order valence-electron chi connectivity index (χ1n) is 4.35. The summed E-state index contributed by atoms with van der Waals surface area (Å²) in [5.74, 6) is 0. The van der Waals surface area contributed by atoms with Crippen LogP contribution in [-0.2, 0) is 10.2 Å². The highest BCUT2D eigenvalue weighted by atomic mass is 32.2. The minimum Gasteiger partial charge on any atom is -0.396 e. The molecular formula is C7H18N2O3S. The lowest BCUT2D eigenvalue weighted by molar-refractivity contribution is 0.285. The Bertz CT molecular complexity index is 214. The summed E-state index contributed by atoms with van der Waals surface area (Å²) in [6, 6.07) is -0.102. The molecule has 0 aromatic carbocycles. The zero-order valence-electron chi connectivity index (χ0n) is 8.08. The second kappa shape index (κ2) is 6.31. The summed E-state index contributed by atoms with van der Waals surface area (Å²) >= 11 is 0. The average molecular weight is 210 g/mol. The van der Waals surface area contributed by atoms with E-state index in [4.69, 9.17) is 5.11 Å².